The van der Waals surface area contributed by atoms with Gasteiger partial charge in [0.05, 0.1) is 6.61 Å². The summed E-state index contributed by atoms with van der Waals surface area (Å²) in [5.41, 5.74) is 0.766. The van der Waals surface area contributed by atoms with Crippen molar-refractivity contribution in [3.05, 3.63) is 24.3 Å². The third-order valence-electron chi connectivity index (χ3n) is 2.26. The van der Waals surface area contributed by atoms with Crippen molar-refractivity contribution >= 4 is 11.6 Å². The van der Waals surface area contributed by atoms with Crippen LogP contribution < -0.4 is 10.1 Å². The molecule has 0 saturated heterocycles. The predicted molar refractivity (Wildman–Crippen MR) is 67.2 cm³/mol. The van der Waals surface area contributed by atoms with Crippen LogP contribution in [0.5, 0.6) is 5.75 Å². The van der Waals surface area contributed by atoms with Gasteiger partial charge in [0.15, 0.2) is 0 Å². The summed E-state index contributed by atoms with van der Waals surface area (Å²) in [7, 11) is 0. The van der Waals surface area contributed by atoms with Crippen LogP contribution in [0, 0.1) is 0 Å². The maximum Gasteiger partial charge on any atom is 0.224 e. The van der Waals surface area contributed by atoms with Gasteiger partial charge in [-0.15, -0.1) is 0 Å². The van der Waals surface area contributed by atoms with Crippen molar-refractivity contribution < 1.29 is 14.6 Å². The molecule has 0 aromatic heterocycles. The van der Waals surface area contributed by atoms with Crippen LogP contribution in [0.1, 0.15) is 26.2 Å². The fourth-order valence-corrected chi connectivity index (χ4v) is 1.42. The molecule has 0 aliphatic heterocycles. The molecule has 1 rings (SSSR count). The van der Waals surface area contributed by atoms with Crippen LogP contribution in [-0.4, -0.2) is 24.2 Å². The third-order valence-corrected chi connectivity index (χ3v) is 2.26. The van der Waals surface area contributed by atoms with Crippen molar-refractivity contribution in [1.29, 1.82) is 0 Å². The van der Waals surface area contributed by atoms with E-state index in [1.165, 1.54) is 0 Å². The molecule has 0 spiro atoms. The van der Waals surface area contributed by atoms with Crippen LogP contribution >= 0.6 is 0 Å². The molecule has 2 N–H and O–H groups in total. The first-order chi connectivity index (χ1) is 8.26. The molecule has 0 fully saturated rings. The van der Waals surface area contributed by atoms with Gasteiger partial charge in [0.1, 0.15) is 5.75 Å². The lowest BCUT2D eigenvalue weighted by Gasteiger charge is -2.06. The molecule has 1 aromatic carbocycles. The zero-order chi connectivity index (χ0) is 12.5. The number of rotatable bonds is 7. The molecular formula is C13H19NO3. The molecule has 0 radical (unpaired) electrons. The highest BCUT2D eigenvalue weighted by Gasteiger charge is 2.02. The third kappa shape index (κ3) is 5.36. The molecule has 0 aliphatic carbocycles. The molecule has 0 heterocycles. The number of aliphatic hydroxyl groups excluding tert-OH is 1. The lowest BCUT2D eigenvalue weighted by Crippen LogP contribution is -2.11. The van der Waals surface area contributed by atoms with E-state index in [1.807, 2.05) is 31.2 Å². The second-order valence-corrected chi connectivity index (χ2v) is 3.69. The second kappa shape index (κ2) is 7.68. The number of ether oxygens (including phenoxy) is 1. The number of benzene rings is 1. The molecule has 0 bridgehead atoms. The van der Waals surface area contributed by atoms with Crippen molar-refractivity contribution in [2.24, 2.45) is 0 Å². The molecule has 0 saturated carbocycles. The Hall–Kier alpha value is -1.55. The molecule has 0 atom stereocenters. The summed E-state index contributed by atoms with van der Waals surface area (Å²) in [5.74, 6) is 0.772. The second-order valence-electron chi connectivity index (χ2n) is 3.69. The zero-order valence-electron chi connectivity index (χ0n) is 10.1. The Morgan fingerprint density at radius 2 is 2.00 bits per heavy atom. The molecular weight excluding hydrogens is 218 g/mol. The molecule has 1 amide bonds. The highest BCUT2D eigenvalue weighted by Crippen LogP contribution is 2.15. The Morgan fingerprint density at radius 3 is 2.59 bits per heavy atom. The summed E-state index contributed by atoms with van der Waals surface area (Å²) in [6.07, 6.45) is 1.81. The van der Waals surface area contributed by atoms with Gasteiger partial charge in [-0.05, 0) is 44.0 Å². The number of carbonyl (C=O) groups is 1. The average Bonchev–Trinajstić information content (AvgIpc) is 2.32. The van der Waals surface area contributed by atoms with Crippen LogP contribution in [0.4, 0.5) is 5.69 Å². The number of nitrogens with one attached hydrogen (secondary N) is 1. The summed E-state index contributed by atoms with van der Waals surface area (Å²) in [5, 5.41) is 11.4. The zero-order valence-corrected chi connectivity index (χ0v) is 10.1. The summed E-state index contributed by atoms with van der Waals surface area (Å²) in [6.45, 7) is 2.69. The largest absolute Gasteiger partial charge is 0.494 e. The van der Waals surface area contributed by atoms with Crippen molar-refractivity contribution in [3.63, 3.8) is 0 Å². The fourth-order valence-electron chi connectivity index (χ4n) is 1.42. The van der Waals surface area contributed by atoms with Gasteiger partial charge in [0.2, 0.25) is 5.91 Å². The normalized spacial score (nSPS) is 10.0. The molecule has 94 valence electrons. The Labute approximate surface area is 102 Å². The van der Waals surface area contributed by atoms with Crippen molar-refractivity contribution in [2.75, 3.05) is 18.5 Å². The predicted octanol–water partition coefficient (Wildman–Crippen LogP) is 2.19. The first-order valence-electron chi connectivity index (χ1n) is 5.90. The summed E-state index contributed by atoms with van der Waals surface area (Å²) >= 11 is 0. The number of amides is 1. The number of aliphatic hydroxyl groups is 1. The van der Waals surface area contributed by atoms with Gasteiger partial charge in [0, 0.05) is 18.7 Å². The van der Waals surface area contributed by atoms with E-state index in [0.717, 1.165) is 11.4 Å². The van der Waals surface area contributed by atoms with E-state index in [4.69, 9.17) is 9.84 Å². The fraction of sp³-hybridized carbons (Fsp3) is 0.462. The standard InChI is InChI=1S/C13H19NO3/c1-2-17-12-8-6-11(7-9-12)14-13(16)5-3-4-10-15/h6-9,15H,2-5,10H2,1H3,(H,14,16). The van der Waals surface area contributed by atoms with Crippen LogP contribution in [0.3, 0.4) is 0 Å². The van der Waals surface area contributed by atoms with Crippen molar-refractivity contribution in [2.45, 2.75) is 26.2 Å². The Balaban J connectivity index is 2.37. The summed E-state index contributed by atoms with van der Waals surface area (Å²) in [4.78, 5) is 11.5. The monoisotopic (exact) mass is 237 g/mol. The summed E-state index contributed by atoms with van der Waals surface area (Å²) < 4.78 is 5.30. The number of anilines is 1. The average molecular weight is 237 g/mol. The SMILES string of the molecule is CCOc1ccc(NC(=O)CCCCO)cc1. The number of carbonyl (C=O) groups excluding carboxylic acids is 1. The topological polar surface area (TPSA) is 58.6 Å². The minimum Gasteiger partial charge on any atom is -0.494 e. The highest BCUT2D eigenvalue weighted by atomic mass is 16.5. The lowest BCUT2D eigenvalue weighted by molar-refractivity contribution is -0.116. The van der Waals surface area contributed by atoms with E-state index < -0.39 is 0 Å². The number of hydrogen-bond donors (Lipinski definition) is 2. The minimum atomic E-state index is -0.0254. The smallest absolute Gasteiger partial charge is 0.224 e. The van der Waals surface area contributed by atoms with Crippen molar-refractivity contribution in [3.8, 4) is 5.75 Å². The molecule has 4 heteroatoms. The van der Waals surface area contributed by atoms with Gasteiger partial charge in [-0.1, -0.05) is 0 Å². The maximum absolute atomic E-state index is 11.5. The Morgan fingerprint density at radius 1 is 1.29 bits per heavy atom. The van der Waals surface area contributed by atoms with Gasteiger partial charge < -0.3 is 15.2 Å². The van der Waals surface area contributed by atoms with Gasteiger partial charge in [0.25, 0.3) is 0 Å². The highest BCUT2D eigenvalue weighted by molar-refractivity contribution is 5.90. The minimum absolute atomic E-state index is 0.0254. The Bertz CT molecular complexity index is 335. The van der Waals surface area contributed by atoms with Gasteiger partial charge in [-0.25, -0.2) is 0 Å². The quantitative estimate of drug-likeness (QED) is 0.715. The van der Waals surface area contributed by atoms with Crippen LogP contribution in [0.2, 0.25) is 0 Å². The van der Waals surface area contributed by atoms with Gasteiger partial charge in [-0.2, -0.15) is 0 Å². The summed E-state index contributed by atoms with van der Waals surface area (Å²) in [6, 6.07) is 7.28. The molecule has 0 aliphatic rings. The van der Waals surface area contributed by atoms with Crippen LogP contribution in [0.15, 0.2) is 24.3 Å². The van der Waals surface area contributed by atoms with Gasteiger partial charge >= 0.3 is 0 Å². The van der Waals surface area contributed by atoms with Crippen LogP contribution in [-0.2, 0) is 4.79 Å². The van der Waals surface area contributed by atoms with E-state index in [9.17, 15) is 4.79 Å². The molecule has 1 aromatic rings. The van der Waals surface area contributed by atoms with E-state index in [0.29, 0.717) is 25.9 Å². The van der Waals surface area contributed by atoms with Gasteiger partial charge in [-0.3, -0.25) is 4.79 Å². The number of hydrogen-bond acceptors (Lipinski definition) is 3. The van der Waals surface area contributed by atoms with Crippen LogP contribution in [0.25, 0.3) is 0 Å². The Kier molecular flexibility index (Phi) is 6.10. The van der Waals surface area contributed by atoms with Crippen molar-refractivity contribution in [1.82, 2.24) is 0 Å². The molecule has 0 unspecified atom stereocenters. The number of unbranched alkanes of at least 4 members (excludes halogenated alkanes) is 1. The first-order valence-corrected chi connectivity index (χ1v) is 5.90. The lowest BCUT2D eigenvalue weighted by atomic mass is 10.2. The molecule has 4 nitrogen and oxygen atoms in total. The van der Waals surface area contributed by atoms with E-state index in [1.54, 1.807) is 0 Å². The van der Waals surface area contributed by atoms with E-state index >= 15 is 0 Å². The molecule has 17 heavy (non-hydrogen) atoms. The first kappa shape index (κ1) is 13.5. The maximum atomic E-state index is 11.5. The van der Waals surface area contributed by atoms with E-state index in [2.05, 4.69) is 5.32 Å². The van der Waals surface area contributed by atoms with E-state index in [-0.39, 0.29) is 12.5 Å².